The summed E-state index contributed by atoms with van der Waals surface area (Å²) in [4.78, 5) is 26.1. The van der Waals surface area contributed by atoms with E-state index in [1.165, 1.54) is 0 Å². The van der Waals surface area contributed by atoms with E-state index < -0.39 is 0 Å². The summed E-state index contributed by atoms with van der Waals surface area (Å²) >= 11 is 0. The van der Waals surface area contributed by atoms with Crippen LogP contribution in [0, 0.1) is 0 Å². The maximum Gasteiger partial charge on any atom is 0.194 e. The Labute approximate surface area is 149 Å². The molecule has 0 saturated carbocycles. The van der Waals surface area contributed by atoms with Crippen LogP contribution in [0.3, 0.4) is 0 Å². The summed E-state index contributed by atoms with van der Waals surface area (Å²) in [6.07, 6.45) is 0. The second-order valence-corrected chi connectivity index (χ2v) is 6.53. The van der Waals surface area contributed by atoms with E-state index in [2.05, 4.69) is 0 Å². The molecule has 0 N–H and O–H groups in total. The number of fused-ring (bicyclic) bond motifs is 4. The summed E-state index contributed by atoms with van der Waals surface area (Å²) in [6, 6.07) is 26.6. The molecule has 0 bridgehead atoms. The van der Waals surface area contributed by atoms with Crippen LogP contribution in [0.1, 0.15) is 0 Å². The number of rotatable bonds is 0. The lowest BCUT2D eigenvalue weighted by molar-refractivity contribution is 1.76. The normalized spacial score (nSPS) is 11.4. The Balaban J connectivity index is 2.06. The highest BCUT2D eigenvalue weighted by Gasteiger charge is 2.07. The molecule has 5 rings (SSSR count). The first-order chi connectivity index (χ1) is 12.7. The minimum Gasteiger partial charge on any atom is -0.289 e. The van der Waals surface area contributed by atoms with Crippen molar-refractivity contribution in [3.63, 3.8) is 0 Å². The van der Waals surface area contributed by atoms with Crippen LogP contribution in [-0.4, -0.2) is 0 Å². The van der Waals surface area contributed by atoms with E-state index in [0.29, 0.717) is 21.5 Å². The third-order valence-electron chi connectivity index (χ3n) is 5.01. The van der Waals surface area contributed by atoms with Crippen LogP contribution in [0.5, 0.6) is 0 Å². The maximum absolute atomic E-state index is 13.1. The third-order valence-corrected chi connectivity index (χ3v) is 5.01. The van der Waals surface area contributed by atoms with E-state index >= 15 is 0 Å². The largest absolute Gasteiger partial charge is 0.289 e. The highest BCUT2D eigenvalue weighted by atomic mass is 16.1. The van der Waals surface area contributed by atoms with Crippen molar-refractivity contribution in [2.45, 2.75) is 0 Å². The Morgan fingerprint density at radius 2 is 0.769 bits per heavy atom. The summed E-state index contributed by atoms with van der Waals surface area (Å²) in [5.74, 6) is 0. The van der Waals surface area contributed by atoms with Gasteiger partial charge in [0.05, 0.1) is 0 Å². The molecular formula is C24H14O2. The molecule has 0 aliphatic heterocycles. The van der Waals surface area contributed by atoms with Crippen molar-refractivity contribution in [2.75, 3.05) is 0 Å². The van der Waals surface area contributed by atoms with Gasteiger partial charge in [-0.25, -0.2) is 0 Å². The van der Waals surface area contributed by atoms with Gasteiger partial charge in [-0.1, -0.05) is 72.8 Å². The lowest BCUT2D eigenvalue weighted by Gasteiger charge is -1.96. The van der Waals surface area contributed by atoms with Gasteiger partial charge in [0.2, 0.25) is 0 Å². The van der Waals surface area contributed by atoms with Crippen molar-refractivity contribution < 1.29 is 0 Å². The van der Waals surface area contributed by atoms with Crippen LogP contribution in [-0.2, 0) is 0 Å². The summed E-state index contributed by atoms with van der Waals surface area (Å²) in [6.45, 7) is 0. The fourth-order valence-corrected chi connectivity index (χ4v) is 3.65. The molecule has 0 aromatic heterocycles. The van der Waals surface area contributed by atoms with Gasteiger partial charge in [-0.3, -0.25) is 9.59 Å². The fourth-order valence-electron chi connectivity index (χ4n) is 3.65. The van der Waals surface area contributed by atoms with E-state index in [4.69, 9.17) is 0 Å². The molecule has 0 unspecified atom stereocenters. The Bertz CT molecular complexity index is 1350. The average molecular weight is 334 g/mol. The second-order valence-electron chi connectivity index (χ2n) is 6.53. The van der Waals surface area contributed by atoms with E-state index in [1.807, 2.05) is 84.9 Å². The lowest BCUT2D eigenvalue weighted by atomic mass is 10.1. The smallest absolute Gasteiger partial charge is 0.194 e. The zero-order valence-electron chi connectivity index (χ0n) is 13.9. The molecule has 0 atom stereocenters. The van der Waals surface area contributed by atoms with E-state index in [0.717, 1.165) is 21.5 Å². The molecule has 0 spiro atoms. The summed E-state index contributed by atoms with van der Waals surface area (Å²) in [7, 11) is 0. The number of hydrogen-bond acceptors (Lipinski definition) is 2. The van der Waals surface area contributed by atoms with Crippen molar-refractivity contribution in [3.05, 3.63) is 105 Å². The Hall–Kier alpha value is -3.52. The average Bonchev–Trinajstić information content (AvgIpc) is 2.91. The first-order valence-electron chi connectivity index (χ1n) is 8.54. The van der Waals surface area contributed by atoms with E-state index in [-0.39, 0.29) is 10.9 Å². The van der Waals surface area contributed by atoms with Gasteiger partial charge in [-0.15, -0.1) is 0 Å². The standard InChI is InChI=1S/C24H14O2/c25-23-19-7-3-1-5-15(19)9-11-17-13-22-18(14-21(17)23)12-10-16-6-2-4-8-20(16)24(22)26/h1-14H. The van der Waals surface area contributed by atoms with Crippen LogP contribution < -0.4 is 10.9 Å². The van der Waals surface area contributed by atoms with Gasteiger partial charge in [0.25, 0.3) is 0 Å². The molecule has 0 aliphatic rings. The van der Waals surface area contributed by atoms with Crippen molar-refractivity contribution in [2.24, 2.45) is 0 Å². The molecule has 0 radical (unpaired) electrons. The van der Waals surface area contributed by atoms with Crippen LogP contribution >= 0.6 is 0 Å². The summed E-state index contributed by atoms with van der Waals surface area (Å²) in [5, 5.41) is 6.01. The Morgan fingerprint density at radius 1 is 0.385 bits per heavy atom. The van der Waals surface area contributed by atoms with Gasteiger partial charge in [0, 0.05) is 21.5 Å². The monoisotopic (exact) mass is 334 g/mol. The third kappa shape index (κ3) is 2.12. The molecule has 26 heavy (non-hydrogen) atoms. The van der Waals surface area contributed by atoms with Crippen LogP contribution in [0.25, 0.3) is 43.1 Å². The van der Waals surface area contributed by atoms with E-state index in [1.54, 1.807) is 0 Å². The lowest BCUT2D eigenvalue weighted by Crippen LogP contribution is -2.01. The molecule has 5 aromatic carbocycles. The second kappa shape index (κ2) is 5.50. The van der Waals surface area contributed by atoms with Crippen molar-refractivity contribution in [3.8, 4) is 0 Å². The molecule has 2 nitrogen and oxygen atoms in total. The molecule has 0 aliphatic carbocycles. The van der Waals surface area contributed by atoms with E-state index in [9.17, 15) is 9.59 Å². The highest BCUT2D eigenvalue weighted by Crippen LogP contribution is 2.22. The summed E-state index contributed by atoms with van der Waals surface area (Å²) < 4.78 is 0. The molecule has 122 valence electrons. The van der Waals surface area contributed by atoms with Gasteiger partial charge >= 0.3 is 0 Å². The van der Waals surface area contributed by atoms with Gasteiger partial charge < -0.3 is 0 Å². The first kappa shape index (κ1) is 14.8. The quantitative estimate of drug-likeness (QED) is 0.398. The van der Waals surface area contributed by atoms with Crippen molar-refractivity contribution in [1.29, 1.82) is 0 Å². The SMILES string of the molecule is O=c1c2ccccc2ccc2cc3c(=O)c4ccccc4ccc3cc12. The van der Waals surface area contributed by atoms with Gasteiger partial charge in [-0.05, 0) is 33.7 Å². The predicted molar refractivity (Wildman–Crippen MR) is 109 cm³/mol. The fraction of sp³-hybridized carbons (Fsp3) is 0. The van der Waals surface area contributed by atoms with Gasteiger partial charge in [0.15, 0.2) is 10.9 Å². The van der Waals surface area contributed by atoms with Crippen LogP contribution in [0.2, 0.25) is 0 Å². The maximum atomic E-state index is 13.1. The Kier molecular flexibility index (Phi) is 3.13. The Morgan fingerprint density at radius 3 is 1.23 bits per heavy atom. The minimum atomic E-state index is -0.00832. The molecule has 0 amide bonds. The van der Waals surface area contributed by atoms with Gasteiger partial charge in [0.1, 0.15) is 0 Å². The zero-order chi connectivity index (χ0) is 17.7. The molecular weight excluding hydrogens is 320 g/mol. The van der Waals surface area contributed by atoms with Crippen LogP contribution in [0.15, 0.2) is 94.5 Å². The molecule has 0 heterocycles. The molecule has 0 fully saturated rings. The first-order valence-corrected chi connectivity index (χ1v) is 8.54. The number of hydrogen-bond donors (Lipinski definition) is 0. The topological polar surface area (TPSA) is 34.1 Å². The van der Waals surface area contributed by atoms with Gasteiger partial charge in [-0.2, -0.15) is 0 Å². The minimum absolute atomic E-state index is 0.00832. The highest BCUT2D eigenvalue weighted by molar-refractivity contribution is 6.03. The number of benzene rings is 3. The predicted octanol–water partition coefficient (Wildman–Crippen LogP) is 5.02. The van der Waals surface area contributed by atoms with Crippen LogP contribution in [0.4, 0.5) is 0 Å². The van der Waals surface area contributed by atoms with Crippen molar-refractivity contribution >= 4 is 43.1 Å². The molecule has 5 aromatic rings. The molecule has 2 heteroatoms. The summed E-state index contributed by atoms with van der Waals surface area (Å²) in [5.41, 5.74) is -0.0166. The zero-order valence-corrected chi connectivity index (χ0v) is 13.9. The van der Waals surface area contributed by atoms with Crippen molar-refractivity contribution in [1.82, 2.24) is 0 Å². The molecule has 0 saturated heterocycles.